The highest BCUT2D eigenvalue weighted by Crippen LogP contribution is 2.27. The maximum absolute atomic E-state index is 13.7. The highest BCUT2D eigenvalue weighted by molar-refractivity contribution is 5.92. The van der Waals surface area contributed by atoms with Crippen LogP contribution in [0.5, 0.6) is 0 Å². The molecule has 0 aliphatic carbocycles. The fraction of sp³-hybridized carbons (Fsp3) is 0.0667. The van der Waals surface area contributed by atoms with Crippen molar-refractivity contribution in [2.24, 2.45) is 0 Å². The average molecular weight is 274 g/mol. The number of aromatic carboxylic acids is 2. The maximum atomic E-state index is 13.7. The Bertz CT molecular complexity index is 707. The van der Waals surface area contributed by atoms with Crippen LogP contribution in [-0.2, 0) is 0 Å². The molecule has 20 heavy (non-hydrogen) atoms. The molecule has 2 aromatic carbocycles. The van der Waals surface area contributed by atoms with Gasteiger partial charge in [0.1, 0.15) is 5.82 Å². The summed E-state index contributed by atoms with van der Waals surface area (Å²) in [5, 5.41) is 17.8. The normalized spacial score (nSPS) is 10.3. The van der Waals surface area contributed by atoms with Crippen molar-refractivity contribution in [3.63, 3.8) is 0 Å². The first kappa shape index (κ1) is 13.7. The van der Waals surface area contributed by atoms with Crippen molar-refractivity contribution in [2.75, 3.05) is 0 Å². The van der Waals surface area contributed by atoms with E-state index in [1.807, 2.05) is 0 Å². The summed E-state index contributed by atoms with van der Waals surface area (Å²) in [7, 11) is 0. The molecular formula is C15H11FO4. The first-order valence-electron chi connectivity index (χ1n) is 5.78. The smallest absolute Gasteiger partial charge is 0.338 e. The number of hydrogen-bond acceptors (Lipinski definition) is 2. The highest BCUT2D eigenvalue weighted by Gasteiger charge is 2.14. The lowest BCUT2D eigenvalue weighted by molar-refractivity contribution is 0.0683. The molecular weight excluding hydrogens is 263 g/mol. The minimum Gasteiger partial charge on any atom is -0.478 e. The molecule has 102 valence electrons. The van der Waals surface area contributed by atoms with Gasteiger partial charge in [-0.15, -0.1) is 0 Å². The van der Waals surface area contributed by atoms with Crippen LogP contribution in [0.15, 0.2) is 36.4 Å². The van der Waals surface area contributed by atoms with Crippen molar-refractivity contribution in [2.45, 2.75) is 6.92 Å². The first-order valence-corrected chi connectivity index (χ1v) is 5.78. The number of benzene rings is 2. The van der Waals surface area contributed by atoms with E-state index < -0.39 is 23.3 Å². The van der Waals surface area contributed by atoms with Crippen molar-refractivity contribution < 1.29 is 24.2 Å². The topological polar surface area (TPSA) is 74.6 Å². The molecule has 2 aromatic rings. The molecule has 2 rings (SSSR count). The van der Waals surface area contributed by atoms with E-state index in [0.717, 1.165) is 6.07 Å². The number of halogens is 1. The summed E-state index contributed by atoms with van der Waals surface area (Å²) in [6, 6.07) is 8.41. The minimum atomic E-state index is -1.34. The number of hydrogen-bond donors (Lipinski definition) is 2. The van der Waals surface area contributed by atoms with Crippen LogP contribution in [0, 0.1) is 12.7 Å². The number of carbonyl (C=O) groups is 2. The van der Waals surface area contributed by atoms with Crippen LogP contribution >= 0.6 is 0 Å². The van der Waals surface area contributed by atoms with Crippen molar-refractivity contribution in [1.29, 1.82) is 0 Å². The Morgan fingerprint density at radius 3 is 2.20 bits per heavy atom. The minimum absolute atomic E-state index is 0.130. The van der Waals surface area contributed by atoms with Crippen LogP contribution in [0.2, 0.25) is 0 Å². The van der Waals surface area contributed by atoms with Gasteiger partial charge in [-0.1, -0.05) is 18.2 Å². The molecule has 5 heteroatoms. The second-order valence-corrected chi connectivity index (χ2v) is 4.28. The third-order valence-electron chi connectivity index (χ3n) is 3.07. The van der Waals surface area contributed by atoms with E-state index >= 15 is 0 Å². The third-order valence-corrected chi connectivity index (χ3v) is 3.07. The lowest BCUT2D eigenvalue weighted by Gasteiger charge is -2.09. The lowest BCUT2D eigenvalue weighted by Crippen LogP contribution is -2.02. The molecule has 0 aromatic heterocycles. The fourth-order valence-electron chi connectivity index (χ4n) is 2.04. The standard InChI is InChI=1S/C15H11FO4/c1-8-10(3-2-4-11(8)14(17)18)9-5-6-12(15(19)20)13(16)7-9/h2-7H,1H3,(H,17,18)(H,19,20). The third kappa shape index (κ3) is 2.38. The Morgan fingerprint density at radius 2 is 1.65 bits per heavy atom. The van der Waals surface area contributed by atoms with Gasteiger partial charge in [0, 0.05) is 0 Å². The Balaban J connectivity index is 2.58. The van der Waals surface area contributed by atoms with Gasteiger partial charge < -0.3 is 10.2 Å². The van der Waals surface area contributed by atoms with Gasteiger partial charge in [-0.3, -0.25) is 0 Å². The van der Waals surface area contributed by atoms with Crippen LogP contribution in [0.25, 0.3) is 11.1 Å². The summed E-state index contributed by atoms with van der Waals surface area (Å²) in [5.74, 6) is -3.26. The van der Waals surface area contributed by atoms with Gasteiger partial charge in [0.05, 0.1) is 11.1 Å². The van der Waals surface area contributed by atoms with Gasteiger partial charge in [-0.25, -0.2) is 14.0 Å². The molecule has 0 heterocycles. The molecule has 2 N–H and O–H groups in total. The predicted octanol–water partition coefficient (Wildman–Crippen LogP) is 3.20. The van der Waals surface area contributed by atoms with Crippen LogP contribution in [0.3, 0.4) is 0 Å². The van der Waals surface area contributed by atoms with Crippen molar-refractivity contribution in [1.82, 2.24) is 0 Å². The quantitative estimate of drug-likeness (QED) is 0.901. The molecule has 0 radical (unpaired) electrons. The number of carboxylic acids is 2. The summed E-state index contributed by atoms with van der Waals surface area (Å²) in [6.07, 6.45) is 0. The Labute approximate surface area is 114 Å². The molecule has 4 nitrogen and oxygen atoms in total. The summed E-state index contributed by atoms with van der Waals surface area (Å²) >= 11 is 0. The van der Waals surface area contributed by atoms with Crippen molar-refractivity contribution >= 4 is 11.9 Å². The Hall–Kier alpha value is -2.69. The zero-order valence-electron chi connectivity index (χ0n) is 10.6. The second-order valence-electron chi connectivity index (χ2n) is 4.28. The first-order chi connectivity index (χ1) is 9.41. The zero-order valence-corrected chi connectivity index (χ0v) is 10.6. The summed E-state index contributed by atoms with van der Waals surface area (Å²) < 4.78 is 13.7. The fourth-order valence-corrected chi connectivity index (χ4v) is 2.04. The van der Waals surface area contributed by atoms with Crippen LogP contribution in [-0.4, -0.2) is 22.2 Å². The summed E-state index contributed by atoms with van der Waals surface area (Å²) in [5.41, 5.74) is 1.21. The van der Waals surface area contributed by atoms with Crippen LogP contribution in [0.4, 0.5) is 4.39 Å². The predicted molar refractivity (Wildman–Crippen MR) is 70.5 cm³/mol. The van der Waals surface area contributed by atoms with E-state index in [-0.39, 0.29) is 5.56 Å². The maximum Gasteiger partial charge on any atom is 0.338 e. The van der Waals surface area contributed by atoms with Crippen LogP contribution < -0.4 is 0 Å². The molecule has 0 saturated carbocycles. The zero-order chi connectivity index (χ0) is 14.9. The van der Waals surface area contributed by atoms with E-state index in [1.165, 1.54) is 18.2 Å². The second kappa shape index (κ2) is 5.13. The molecule has 0 fully saturated rings. The summed E-state index contributed by atoms with van der Waals surface area (Å²) in [4.78, 5) is 21.8. The molecule has 0 unspecified atom stereocenters. The van der Waals surface area contributed by atoms with Gasteiger partial charge >= 0.3 is 11.9 Å². The highest BCUT2D eigenvalue weighted by atomic mass is 19.1. The van der Waals surface area contributed by atoms with E-state index in [1.54, 1.807) is 19.1 Å². The molecule has 0 saturated heterocycles. The molecule has 0 bridgehead atoms. The van der Waals surface area contributed by atoms with Crippen LogP contribution in [0.1, 0.15) is 26.3 Å². The lowest BCUT2D eigenvalue weighted by atomic mass is 9.95. The van der Waals surface area contributed by atoms with Gasteiger partial charge in [-0.2, -0.15) is 0 Å². The van der Waals surface area contributed by atoms with Crippen molar-refractivity contribution in [3.8, 4) is 11.1 Å². The molecule has 0 aliphatic heterocycles. The van der Waals surface area contributed by atoms with Crippen molar-refractivity contribution in [3.05, 3.63) is 58.9 Å². The molecule has 0 atom stereocenters. The van der Waals surface area contributed by atoms with E-state index in [0.29, 0.717) is 16.7 Å². The number of rotatable bonds is 3. The Kier molecular flexibility index (Phi) is 3.52. The summed E-state index contributed by atoms with van der Waals surface area (Å²) in [6.45, 7) is 1.63. The molecule has 0 amide bonds. The molecule has 0 spiro atoms. The van der Waals surface area contributed by atoms with Gasteiger partial charge in [0.25, 0.3) is 0 Å². The average Bonchev–Trinajstić information content (AvgIpc) is 2.38. The van der Waals surface area contributed by atoms with E-state index in [2.05, 4.69) is 0 Å². The molecule has 0 aliphatic rings. The van der Waals surface area contributed by atoms with Gasteiger partial charge in [0.2, 0.25) is 0 Å². The Morgan fingerprint density at radius 1 is 1.00 bits per heavy atom. The van der Waals surface area contributed by atoms with E-state index in [9.17, 15) is 14.0 Å². The number of carboxylic acid groups (broad SMARTS) is 2. The van der Waals surface area contributed by atoms with Gasteiger partial charge in [-0.05, 0) is 41.8 Å². The SMILES string of the molecule is Cc1c(C(=O)O)cccc1-c1ccc(C(=O)O)c(F)c1. The largest absolute Gasteiger partial charge is 0.478 e. The van der Waals surface area contributed by atoms with E-state index in [4.69, 9.17) is 10.2 Å². The van der Waals surface area contributed by atoms with Gasteiger partial charge in [0.15, 0.2) is 0 Å². The monoisotopic (exact) mass is 274 g/mol.